The Bertz CT molecular complexity index is 351. The van der Waals surface area contributed by atoms with Crippen LogP contribution >= 0.6 is 0 Å². The van der Waals surface area contributed by atoms with Gasteiger partial charge in [0.15, 0.2) is 5.78 Å². The summed E-state index contributed by atoms with van der Waals surface area (Å²) in [6, 6.07) is -1.10. The number of hydrogen-bond donors (Lipinski definition) is 3. The van der Waals surface area contributed by atoms with Gasteiger partial charge in [0.2, 0.25) is 5.91 Å². The molecule has 0 spiro atoms. The maximum Gasteiger partial charge on any atom is 0.305 e. The first-order chi connectivity index (χ1) is 8.27. The molecule has 0 aromatic rings. The molecule has 0 fully saturated rings. The van der Waals surface area contributed by atoms with Crippen molar-refractivity contribution >= 4 is 23.6 Å². The Kier molecular flexibility index (Phi) is 6.62. The Morgan fingerprint density at radius 2 is 1.56 bits per heavy atom. The second kappa shape index (κ2) is 7.41. The summed E-state index contributed by atoms with van der Waals surface area (Å²) in [5.41, 5.74) is 0. The maximum absolute atomic E-state index is 11.6. The molecule has 0 aromatic heterocycles. The fourth-order valence-electron chi connectivity index (χ4n) is 1.33. The van der Waals surface area contributed by atoms with E-state index in [1.165, 1.54) is 6.92 Å². The van der Waals surface area contributed by atoms with E-state index >= 15 is 0 Å². The first-order valence-electron chi connectivity index (χ1n) is 5.54. The monoisotopic (exact) mass is 259 g/mol. The summed E-state index contributed by atoms with van der Waals surface area (Å²) in [7, 11) is 0. The SMILES string of the molecule is CCC(=O)C(CC(=O)O)NC(=O)C(C)CC(=O)O. The van der Waals surface area contributed by atoms with Gasteiger partial charge >= 0.3 is 11.9 Å². The van der Waals surface area contributed by atoms with Crippen molar-refractivity contribution in [1.82, 2.24) is 5.32 Å². The Labute approximate surface area is 104 Å². The first kappa shape index (κ1) is 16.1. The fraction of sp³-hybridized carbons (Fsp3) is 0.636. The molecule has 0 aliphatic heterocycles. The summed E-state index contributed by atoms with van der Waals surface area (Å²) < 4.78 is 0. The molecule has 0 aliphatic rings. The van der Waals surface area contributed by atoms with Crippen LogP contribution in [0.5, 0.6) is 0 Å². The van der Waals surface area contributed by atoms with Crippen molar-refractivity contribution in [3.8, 4) is 0 Å². The average Bonchev–Trinajstić information content (AvgIpc) is 2.25. The van der Waals surface area contributed by atoms with Gasteiger partial charge in [0.1, 0.15) is 0 Å². The number of aliphatic carboxylic acids is 2. The number of hydrogen-bond acceptors (Lipinski definition) is 4. The van der Waals surface area contributed by atoms with Crippen LogP contribution in [0.15, 0.2) is 0 Å². The van der Waals surface area contributed by atoms with Gasteiger partial charge in [-0.15, -0.1) is 0 Å². The summed E-state index contributed by atoms with van der Waals surface area (Å²) in [4.78, 5) is 44.0. The summed E-state index contributed by atoms with van der Waals surface area (Å²) >= 11 is 0. The number of carbonyl (C=O) groups is 4. The van der Waals surface area contributed by atoms with E-state index in [0.717, 1.165) is 0 Å². The van der Waals surface area contributed by atoms with Crippen LogP contribution in [0.2, 0.25) is 0 Å². The van der Waals surface area contributed by atoms with Gasteiger partial charge in [-0.1, -0.05) is 13.8 Å². The van der Waals surface area contributed by atoms with Crippen molar-refractivity contribution in [1.29, 1.82) is 0 Å². The lowest BCUT2D eigenvalue weighted by Crippen LogP contribution is -2.44. The van der Waals surface area contributed by atoms with E-state index in [0.29, 0.717) is 0 Å². The molecule has 0 aliphatic carbocycles. The zero-order valence-electron chi connectivity index (χ0n) is 10.3. The fourth-order valence-corrected chi connectivity index (χ4v) is 1.33. The second-order valence-electron chi connectivity index (χ2n) is 3.98. The lowest BCUT2D eigenvalue weighted by Gasteiger charge is -2.17. The van der Waals surface area contributed by atoms with Crippen LogP contribution in [0.25, 0.3) is 0 Å². The average molecular weight is 259 g/mol. The van der Waals surface area contributed by atoms with Crippen LogP contribution in [0.3, 0.4) is 0 Å². The minimum Gasteiger partial charge on any atom is -0.481 e. The zero-order valence-corrected chi connectivity index (χ0v) is 10.3. The van der Waals surface area contributed by atoms with E-state index in [4.69, 9.17) is 10.2 Å². The van der Waals surface area contributed by atoms with Crippen molar-refractivity contribution < 1.29 is 29.4 Å². The molecule has 0 aromatic carbocycles. The van der Waals surface area contributed by atoms with Gasteiger partial charge < -0.3 is 15.5 Å². The van der Waals surface area contributed by atoms with Crippen LogP contribution in [-0.4, -0.2) is 39.9 Å². The molecule has 0 saturated carbocycles. The highest BCUT2D eigenvalue weighted by atomic mass is 16.4. The molecule has 1 amide bonds. The number of rotatable bonds is 8. The molecule has 0 saturated heterocycles. The summed E-state index contributed by atoms with van der Waals surface area (Å²) in [5.74, 6) is -4.18. The summed E-state index contributed by atoms with van der Waals surface area (Å²) in [6.07, 6.45) is -0.768. The number of ketones is 1. The molecule has 2 unspecified atom stereocenters. The summed E-state index contributed by atoms with van der Waals surface area (Å²) in [6.45, 7) is 2.96. The number of carboxylic acids is 2. The molecule has 0 radical (unpaired) electrons. The lowest BCUT2D eigenvalue weighted by molar-refractivity contribution is -0.143. The van der Waals surface area contributed by atoms with Gasteiger partial charge in [0.25, 0.3) is 0 Å². The van der Waals surface area contributed by atoms with E-state index in [-0.39, 0.29) is 12.8 Å². The molecule has 0 bridgehead atoms. The lowest BCUT2D eigenvalue weighted by atomic mass is 10.0. The van der Waals surface area contributed by atoms with E-state index in [2.05, 4.69) is 5.32 Å². The topological polar surface area (TPSA) is 121 Å². The Morgan fingerprint density at radius 1 is 1.06 bits per heavy atom. The van der Waals surface area contributed by atoms with Crippen LogP contribution < -0.4 is 5.32 Å². The van der Waals surface area contributed by atoms with Crippen molar-refractivity contribution in [2.45, 2.75) is 39.2 Å². The Hall–Kier alpha value is -1.92. The highest BCUT2D eigenvalue weighted by Crippen LogP contribution is 2.05. The van der Waals surface area contributed by atoms with Gasteiger partial charge in [-0.3, -0.25) is 19.2 Å². The van der Waals surface area contributed by atoms with Crippen molar-refractivity contribution in [3.63, 3.8) is 0 Å². The second-order valence-corrected chi connectivity index (χ2v) is 3.98. The molecule has 7 nitrogen and oxygen atoms in total. The maximum atomic E-state index is 11.6. The predicted molar refractivity (Wildman–Crippen MR) is 60.9 cm³/mol. The molecule has 3 N–H and O–H groups in total. The Morgan fingerprint density at radius 3 is 1.94 bits per heavy atom. The minimum atomic E-state index is -1.20. The van der Waals surface area contributed by atoms with E-state index < -0.39 is 42.0 Å². The van der Waals surface area contributed by atoms with Gasteiger partial charge in [-0.25, -0.2) is 0 Å². The largest absolute Gasteiger partial charge is 0.481 e. The third-order valence-corrected chi connectivity index (χ3v) is 2.36. The summed E-state index contributed by atoms with van der Waals surface area (Å²) in [5, 5.41) is 19.4. The third kappa shape index (κ3) is 5.97. The standard InChI is InChI=1S/C11H17NO6/c1-3-8(13)7(5-10(16)17)12-11(18)6(2)4-9(14)15/h6-7H,3-5H2,1-2H3,(H,12,18)(H,14,15)(H,16,17). The van der Waals surface area contributed by atoms with Gasteiger partial charge in [0, 0.05) is 12.3 Å². The van der Waals surface area contributed by atoms with E-state index in [1.54, 1.807) is 6.92 Å². The van der Waals surface area contributed by atoms with Crippen molar-refractivity contribution in [2.75, 3.05) is 0 Å². The van der Waals surface area contributed by atoms with Crippen LogP contribution in [0, 0.1) is 5.92 Å². The predicted octanol–water partition coefficient (Wildman–Crippen LogP) is 0.0358. The third-order valence-electron chi connectivity index (χ3n) is 2.36. The van der Waals surface area contributed by atoms with Crippen LogP contribution in [0.1, 0.15) is 33.1 Å². The van der Waals surface area contributed by atoms with E-state index in [9.17, 15) is 19.2 Å². The first-order valence-corrected chi connectivity index (χ1v) is 5.54. The number of Topliss-reactive ketones (excluding diaryl/α,β-unsaturated/α-hetero) is 1. The molecule has 102 valence electrons. The molecule has 7 heteroatoms. The van der Waals surface area contributed by atoms with Gasteiger partial charge in [-0.2, -0.15) is 0 Å². The van der Waals surface area contributed by atoms with Crippen molar-refractivity contribution in [3.05, 3.63) is 0 Å². The van der Waals surface area contributed by atoms with Crippen LogP contribution in [-0.2, 0) is 19.2 Å². The molecular formula is C11H17NO6. The van der Waals surface area contributed by atoms with Crippen LogP contribution in [0.4, 0.5) is 0 Å². The van der Waals surface area contributed by atoms with Crippen molar-refractivity contribution in [2.24, 2.45) is 5.92 Å². The highest BCUT2D eigenvalue weighted by Gasteiger charge is 2.25. The highest BCUT2D eigenvalue weighted by molar-refractivity contribution is 5.92. The number of nitrogens with one attached hydrogen (secondary N) is 1. The number of carbonyl (C=O) groups excluding carboxylic acids is 2. The van der Waals surface area contributed by atoms with E-state index in [1.807, 2.05) is 0 Å². The molecular weight excluding hydrogens is 242 g/mol. The Balaban J connectivity index is 4.56. The molecule has 18 heavy (non-hydrogen) atoms. The quantitative estimate of drug-likeness (QED) is 0.565. The molecule has 2 atom stereocenters. The van der Waals surface area contributed by atoms with Gasteiger partial charge in [0.05, 0.1) is 18.9 Å². The minimum absolute atomic E-state index is 0.103. The zero-order chi connectivity index (χ0) is 14.3. The molecule has 0 rings (SSSR count). The number of amides is 1. The smallest absolute Gasteiger partial charge is 0.305 e. The number of carboxylic acid groups (broad SMARTS) is 2. The van der Waals surface area contributed by atoms with Gasteiger partial charge in [-0.05, 0) is 0 Å². The molecule has 0 heterocycles. The normalized spacial score (nSPS) is 13.4.